The van der Waals surface area contributed by atoms with E-state index in [1.807, 2.05) is 0 Å². The van der Waals surface area contributed by atoms with Crippen LogP contribution in [-0.4, -0.2) is 36.8 Å². The molecule has 0 amide bonds. The van der Waals surface area contributed by atoms with Crippen LogP contribution in [0.15, 0.2) is 30.3 Å². The van der Waals surface area contributed by atoms with Crippen LogP contribution < -0.4 is 9.47 Å². The highest BCUT2D eigenvalue weighted by Gasteiger charge is 2.10. The van der Waals surface area contributed by atoms with Crippen LogP contribution >= 0.6 is 0 Å². The first-order valence-electron chi connectivity index (χ1n) is 6.42. The molecule has 0 saturated heterocycles. The normalized spacial score (nSPS) is 10.0. The van der Waals surface area contributed by atoms with Gasteiger partial charge in [-0.2, -0.15) is 9.97 Å². The zero-order chi connectivity index (χ0) is 15.2. The average Bonchev–Trinajstić information content (AvgIpc) is 2.54. The van der Waals surface area contributed by atoms with E-state index in [1.165, 1.54) is 14.2 Å². The molecule has 0 aliphatic carbocycles. The second-order valence-corrected chi connectivity index (χ2v) is 4.08. The number of aromatic nitrogens is 2. The van der Waals surface area contributed by atoms with Gasteiger partial charge < -0.3 is 14.2 Å². The Morgan fingerprint density at radius 1 is 1.10 bits per heavy atom. The number of benzene rings is 1. The molecule has 0 fully saturated rings. The third-order valence-electron chi connectivity index (χ3n) is 2.77. The van der Waals surface area contributed by atoms with Gasteiger partial charge in [0.25, 0.3) is 0 Å². The minimum absolute atomic E-state index is 0.221. The highest BCUT2D eigenvalue weighted by Crippen LogP contribution is 2.23. The number of methoxy groups -OCH3 is 2. The third kappa shape index (κ3) is 3.47. The first-order chi connectivity index (χ1) is 10.2. The highest BCUT2D eigenvalue weighted by atomic mass is 16.5. The molecular formula is C15H16N2O4. The number of esters is 1. The van der Waals surface area contributed by atoms with E-state index >= 15 is 0 Å². The number of hydrogen-bond acceptors (Lipinski definition) is 6. The summed E-state index contributed by atoms with van der Waals surface area (Å²) in [6, 6.07) is 8.87. The van der Waals surface area contributed by atoms with E-state index < -0.39 is 0 Å². The number of ether oxygens (including phenoxy) is 3. The van der Waals surface area contributed by atoms with E-state index in [-0.39, 0.29) is 12.0 Å². The van der Waals surface area contributed by atoms with Crippen molar-refractivity contribution in [1.29, 1.82) is 0 Å². The molecule has 0 saturated carbocycles. The summed E-state index contributed by atoms with van der Waals surface area (Å²) in [7, 11) is 3.01. The summed E-state index contributed by atoms with van der Waals surface area (Å²) in [6.45, 7) is 2.12. The van der Waals surface area contributed by atoms with Gasteiger partial charge in [0, 0.05) is 11.6 Å². The molecule has 0 aliphatic heterocycles. The topological polar surface area (TPSA) is 70.5 Å². The van der Waals surface area contributed by atoms with Gasteiger partial charge in [-0.1, -0.05) is 12.1 Å². The molecule has 1 heterocycles. The molecule has 1 aromatic heterocycles. The molecule has 21 heavy (non-hydrogen) atoms. The smallest absolute Gasteiger partial charge is 0.338 e. The van der Waals surface area contributed by atoms with E-state index in [1.54, 1.807) is 37.3 Å². The summed E-state index contributed by atoms with van der Waals surface area (Å²) >= 11 is 0. The second kappa shape index (κ2) is 6.69. The molecule has 0 aliphatic rings. The molecule has 6 nitrogen and oxygen atoms in total. The fourth-order valence-electron chi connectivity index (χ4n) is 1.74. The minimum Gasteiger partial charge on any atom is -0.481 e. The molecule has 110 valence electrons. The number of carbonyl (C=O) groups excluding carboxylic acids is 1. The van der Waals surface area contributed by atoms with E-state index in [9.17, 15) is 4.79 Å². The van der Waals surface area contributed by atoms with Gasteiger partial charge in [0.15, 0.2) is 0 Å². The fourth-order valence-corrected chi connectivity index (χ4v) is 1.74. The molecule has 2 rings (SSSR count). The average molecular weight is 288 g/mol. The van der Waals surface area contributed by atoms with Crippen molar-refractivity contribution in [2.45, 2.75) is 6.92 Å². The van der Waals surface area contributed by atoms with Gasteiger partial charge in [0.2, 0.25) is 5.88 Å². The minimum atomic E-state index is -0.345. The zero-order valence-corrected chi connectivity index (χ0v) is 12.1. The molecular weight excluding hydrogens is 272 g/mol. The molecule has 6 heteroatoms. The van der Waals surface area contributed by atoms with Gasteiger partial charge in [-0.25, -0.2) is 4.79 Å². The van der Waals surface area contributed by atoms with E-state index in [4.69, 9.17) is 14.2 Å². The Morgan fingerprint density at radius 3 is 2.38 bits per heavy atom. The molecule has 0 atom stereocenters. The van der Waals surface area contributed by atoms with Gasteiger partial charge in [-0.3, -0.25) is 0 Å². The van der Waals surface area contributed by atoms with Crippen molar-refractivity contribution >= 4 is 5.97 Å². The molecule has 0 N–H and O–H groups in total. The first-order valence-corrected chi connectivity index (χ1v) is 6.42. The molecule has 0 radical (unpaired) electrons. The Labute approximate surface area is 122 Å². The van der Waals surface area contributed by atoms with Gasteiger partial charge in [-0.15, -0.1) is 0 Å². The Balaban J connectivity index is 2.32. The zero-order valence-electron chi connectivity index (χ0n) is 12.1. The van der Waals surface area contributed by atoms with Gasteiger partial charge in [0.05, 0.1) is 32.1 Å². The van der Waals surface area contributed by atoms with Crippen LogP contribution in [0.1, 0.15) is 17.3 Å². The number of carbonyl (C=O) groups is 1. The van der Waals surface area contributed by atoms with Crippen molar-refractivity contribution in [3.63, 3.8) is 0 Å². The van der Waals surface area contributed by atoms with Crippen LogP contribution in [-0.2, 0) is 4.74 Å². The fraction of sp³-hybridized carbons (Fsp3) is 0.267. The monoisotopic (exact) mass is 288 g/mol. The summed E-state index contributed by atoms with van der Waals surface area (Å²) in [5.74, 6) is 0.0632. The molecule has 0 bridgehead atoms. The van der Waals surface area contributed by atoms with Crippen molar-refractivity contribution in [2.24, 2.45) is 0 Å². The lowest BCUT2D eigenvalue weighted by Gasteiger charge is -2.07. The molecule has 0 unspecified atom stereocenters. The molecule has 0 spiro atoms. The number of hydrogen-bond donors (Lipinski definition) is 0. The summed E-state index contributed by atoms with van der Waals surface area (Å²) < 4.78 is 15.1. The van der Waals surface area contributed by atoms with Crippen molar-refractivity contribution in [3.8, 4) is 23.1 Å². The van der Waals surface area contributed by atoms with Crippen LogP contribution in [0.4, 0.5) is 0 Å². The maximum absolute atomic E-state index is 11.6. The summed E-state index contributed by atoms with van der Waals surface area (Å²) in [4.78, 5) is 19.9. The Bertz CT molecular complexity index is 604. The Morgan fingerprint density at radius 2 is 1.81 bits per heavy atom. The van der Waals surface area contributed by atoms with Crippen LogP contribution in [0.3, 0.4) is 0 Å². The standard InChI is InChI=1S/C15H16N2O4/c1-4-21-14(18)11-7-5-10(6-8-11)12-9-13(19-2)17-15(16-12)20-3/h5-9H,4H2,1-3H3. The highest BCUT2D eigenvalue weighted by molar-refractivity contribution is 5.90. The van der Waals surface area contributed by atoms with Crippen molar-refractivity contribution in [1.82, 2.24) is 9.97 Å². The van der Waals surface area contributed by atoms with Crippen LogP contribution in [0.25, 0.3) is 11.3 Å². The predicted octanol–water partition coefficient (Wildman–Crippen LogP) is 2.34. The first kappa shape index (κ1) is 14.8. The number of rotatable bonds is 5. The second-order valence-electron chi connectivity index (χ2n) is 4.08. The van der Waals surface area contributed by atoms with E-state index in [0.29, 0.717) is 23.7 Å². The maximum Gasteiger partial charge on any atom is 0.338 e. The lowest BCUT2D eigenvalue weighted by Crippen LogP contribution is -2.04. The van der Waals surface area contributed by atoms with Crippen LogP contribution in [0.5, 0.6) is 11.9 Å². The van der Waals surface area contributed by atoms with E-state index in [2.05, 4.69) is 9.97 Å². The third-order valence-corrected chi connectivity index (χ3v) is 2.77. The Hall–Kier alpha value is -2.63. The van der Waals surface area contributed by atoms with Gasteiger partial charge >= 0.3 is 12.0 Å². The van der Waals surface area contributed by atoms with Gasteiger partial charge in [0.1, 0.15) is 0 Å². The SMILES string of the molecule is CCOC(=O)c1ccc(-c2cc(OC)nc(OC)n2)cc1. The molecule has 2 aromatic rings. The summed E-state index contributed by atoms with van der Waals surface area (Å²) in [5, 5.41) is 0. The quantitative estimate of drug-likeness (QED) is 0.786. The van der Waals surface area contributed by atoms with Crippen molar-refractivity contribution in [3.05, 3.63) is 35.9 Å². The largest absolute Gasteiger partial charge is 0.481 e. The maximum atomic E-state index is 11.6. The van der Waals surface area contributed by atoms with Crippen LogP contribution in [0.2, 0.25) is 0 Å². The predicted molar refractivity (Wildman–Crippen MR) is 76.5 cm³/mol. The molecule has 1 aromatic carbocycles. The summed E-state index contributed by atoms with van der Waals surface area (Å²) in [6.07, 6.45) is 0. The van der Waals surface area contributed by atoms with Crippen LogP contribution in [0, 0.1) is 0 Å². The lowest BCUT2D eigenvalue weighted by atomic mass is 10.1. The number of nitrogens with zero attached hydrogens (tertiary/aromatic N) is 2. The van der Waals surface area contributed by atoms with Crippen molar-refractivity contribution < 1.29 is 19.0 Å². The van der Waals surface area contributed by atoms with Crippen molar-refractivity contribution in [2.75, 3.05) is 20.8 Å². The lowest BCUT2D eigenvalue weighted by molar-refractivity contribution is 0.0526. The van der Waals surface area contributed by atoms with Gasteiger partial charge in [-0.05, 0) is 19.1 Å². The van der Waals surface area contributed by atoms with E-state index in [0.717, 1.165) is 5.56 Å². The Kier molecular flexibility index (Phi) is 4.71. The summed E-state index contributed by atoms with van der Waals surface area (Å²) in [5.41, 5.74) is 1.96.